The van der Waals surface area contributed by atoms with Crippen LogP contribution in [0.5, 0.6) is 17.2 Å². The Morgan fingerprint density at radius 2 is 1.62 bits per heavy atom. The summed E-state index contributed by atoms with van der Waals surface area (Å²) in [6.45, 7) is 0.887. The number of aromatic nitrogens is 3. The predicted octanol–water partition coefficient (Wildman–Crippen LogP) is 4.13. The highest BCUT2D eigenvalue weighted by Crippen LogP contribution is 2.40. The monoisotopic (exact) mass is 499 g/mol. The average molecular weight is 500 g/mol. The molecular formula is C28H29N5O4. The molecule has 0 saturated heterocycles. The maximum atomic E-state index is 13.2. The Bertz CT molecular complexity index is 1320. The Hall–Kier alpha value is -4.66. The Labute approximate surface area is 216 Å². The number of ether oxygens (including phenoxy) is 3. The number of carbonyl (C=O) groups excluding carboxylic acids is 1. The molecule has 0 aliphatic heterocycles. The van der Waals surface area contributed by atoms with E-state index in [1.165, 1.54) is 0 Å². The molecule has 4 aromatic rings. The highest BCUT2D eigenvalue weighted by molar-refractivity contribution is 5.98. The maximum Gasteiger partial charge on any atom is 0.256 e. The normalized spacial score (nSPS) is 10.5. The smallest absolute Gasteiger partial charge is 0.256 e. The van der Waals surface area contributed by atoms with Crippen molar-refractivity contribution in [2.24, 2.45) is 0 Å². The second-order valence-corrected chi connectivity index (χ2v) is 8.23. The Morgan fingerprint density at radius 3 is 2.24 bits per heavy atom. The molecule has 9 nitrogen and oxygen atoms in total. The molecule has 0 fully saturated rings. The number of hydrogen-bond acceptors (Lipinski definition) is 8. The summed E-state index contributed by atoms with van der Waals surface area (Å²) in [5, 5.41) is 2.94. The highest BCUT2D eigenvalue weighted by atomic mass is 16.5. The van der Waals surface area contributed by atoms with E-state index in [2.05, 4.69) is 15.3 Å². The minimum Gasteiger partial charge on any atom is -0.493 e. The highest BCUT2D eigenvalue weighted by Gasteiger charge is 2.21. The zero-order valence-electron chi connectivity index (χ0n) is 21.3. The number of methoxy groups -OCH3 is 3. The van der Waals surface area contributed by atoms with Crippen molar-refractivity contribution in [3.8, 4) is 28.6 Å². The summed E-state index contributed by atoms with van der Waals surface area (Å²) in [5.74, 6) is 2.07. The molecule has 4 rings (SSSR count). The fourth-order valence-electron chi connectivity index (χ4n) is 3.89. The van der Waals surface area contributed by atoms with Crippen molar-refractivity contribution in [3.63, 3.8) is 0 Å². The first kappa shape index (κ1) is 25.4. The largest absolute Gasteiger partial charge is 0.493 e. The number of benzene rings is 2. The fourth-order valence-corrected chi connectivity index (χ4v) is 3.89. The SMILES string of the molecule is COc1cc(-c2ncc(C(=O)NCc3cccnc3)c(N(C)Cc3ccccc3)n2)cc(OC)c1OC. The van der Waals surface area contributed by atoms with E-state index in [1.807, 2.05) is 54.4 Å². The second kappa shape index (κ2) is 11.9. The van der Waals surface area contributed by atoms with Crippen LogP contribution in [0.1, 0.15) is 21.5 Å². The van der Waals surface area contributed by atoms with Crippen LogP contribution in [0.25, 0.3) is 11.4 Å². The van der Waals surface area contributed by atoms with Crippen molar-refractivity contribution in [2.75, 3.05) is 33.3 Å². The molecule has 2 heterocycles. The van der Waals surface area contributed by atoms with Gasteiger partial charge in [-0.1, -0.05) is 36.4 Å². The van der Waals surface area contributed by atoms with Crippen LogP contribution in [-0.4, -0.2) is 49.2 Å². The minimum absolute atomic E-state index is 0.282. The first-order valence-corrected chi connectivity index (χ1v) is 11.6. The number of amides is 1. The molecule has 0 atom stereocenters. The van der Waals surface area contributed by atoms with Gasteiger partial charge in [-0.15, -0.1) is 0 Å². The number of nitrogens with one attached hydrogen (secondary N) is 1. The van der Waals surface area contributed by atoms with E-state index in [0.29, 0.717) is 53.1 Å². The van der Waals surface area contributed by atoms with Crippen LogP contribution in [0.3, 0.4) is 0 Å². The molecule has 0 radical (unpaired) electrons. The zero-order chi connectivity index (χ0) is 26.2. The summed E-state index contributed by atoms with van der Waals surface area (Å²) < 4.78 is 16.4. The molecule has 9 heteroatoms. The standard InChI is InChI=1S/C28H29N5O4/c1-33(18-19-9-6-5-7-10-19)27-22(28(34)31-16-20-11-8-12-29-15-20)17-30-26(32-27)21-13-23(35-2)25(37-4)24(14-21)36-3/h5-15,17H,16,18H2,1-4H3,(H,31,34). The lowest BCUT2D eigenvalue weighted by Crippen LogP contribution is -2.28. The number of anilines is 1. The molecule has 0 unspecified atom stereocenters. The summed E-state index contributed by atoms with van der Waals surface area (Å²) in [5.41, 5.74) is 2.99. The molecule has 190 valence electrons. The van der Waals surface area contributed by atoms with Gasteiger partial charge in [-0.25, -0.2) is 9.97 Å². The van der Waals surface area contributed by atoms with Crippen molar-refractivity contribution in [3.05, 3.63) is 89.9 Å². The number of nitrogens with zero attached hydrogens (tertiary/aromatic N) is 4. The van der Waals surface area contributed by atoms with E-state index in [-0.39, 0.29) is 5.91 Å². The van der Waals surface area contributed by atoms with Crippen LogP contribution in [0.4, 0.5) is 5.82 Å². The minimum atomic E-state index is -0.282. The van der Waals surface area contributed by atoms with Gasteiger partial charge in [0.15, 0.2) is 17.3 Å². The zero-order valence-corrected chi connectivity index (χ0v) is 21.3. The van der Waals surface area contributed by atoms with Gasteiger partial charge in [0, 0.05) is 44.3 Å². The van der Waals surface area contributed by atoms with E-state index in [9.17, 15) is 4.79 Å². The molecule has 1 N–H and O–H groups in total. The van der Waals surface area contributed by atoms with Gasteiger partial charge in [0.25, 0.3) is 5.91 Å². The molecule has 0 aliphatic rings. The first-order valence-electron chi connectivity index (χ1n) is 11.6. The summed E-state index contributed by atoms with van der Waals surface area (Å²) in [4.78, 5) is 28.6. The lowest BCUT2D eigenvalue weighted by Gasteiger charge is -2.22. The molecule has 0 saturated carbocycles. The summed E-state index contributed by atoms with van der Waals surface area (Å²) in [6.07, 6.45) is 4.95. The lowest BCUT2D eigenvalue weighted by atomic mass is 10.1. The third-order valence-corrected chi connectivity index (χ3v) is 5.74. The second-order valence-electron chi connectivity index (χ2n) is 8.23. The van der Waals surface area contributed by atoms with Crippen LogP contribution < -0.4 is 24.4 Å². The maximum absolute atomic E-state index is 13.2. The topological polar surface area (TPSA) is 98.7 Å². The average Bonchev–Trinajstić information content (AvgIpc) is 2.95. The summed E-state index contributed by atoms with van der Waals surface area (Å²) in [6, 6.07) is 17.3. The lowest BCUT2D eigenvalue weighted by molar-refractivity contribution is 0.0950. The fraction of sp³-hybridized carbons (Fsp3) is 0.214. The van der Waals surface area contributed by atoms with E-state index in [4.69, 9.17) is 19.2 Å². The third kappa shape index (κ3) is 5.95. The molecule has 0 aliphatic carbocycles. The van der Waals surface area contributed by atoms with Crippen molar-refractivity contribution in [2.45, 2.75) is 13.1 Å². The molecule has 1 amide bonds. The van der Waals surface area contributed by atoms with Gasteiger partial charge < -0.3 is 24.4 Å². The van der Waals surface area contributed by atoms with Crippen molar-refractivity contribution in [1.29, 1.82) is 0 Å². The Kier molecular flexibility index (Phi) is 8.15. The first-order chi connectivity index (χ1) is 18.0. The Balaban J connectivity index is 1.72. The van der Waals surface area contributed by atoms with Gasteiger partial charge in [-0.2, -0.15) is 0 Å². The number of carbonyl (C=O) groups is 1. The molecule has 0 bridgehead atoms. The van der Waals surface area contributed by atoms with Gasteiger partial charge in [0.1, 0.15) is 11.4 Å². The van der Waals surface area contributed by atoms with Crippen molar-refractivity contribution >= 4 is 11.7 Å². The van der Waals surface area contributed by atoms with Crippen molar-refractivity contribution in [1.82, 2.24) is 20.3 Å². The van der Waals surface area contributed by atoms with E-state index in [0.717, 1.165) is 11.1 Å². The quantitative estimate of drug-likeness (QED) is 0.348. The van der Waals surface area contributed by atoms with Crippen LogP contribution in [0.2, 0.25) is 0 Å². The predicted molar refractivity (Wildman–Crippen MR) is 141 cm³/mol. The van der Waals surface area contributed by atoms with Crippen LogP contribution in [0, 0.1) is 0 Å². The van der Waals surface area contributed by atoms with Crippen molar-refractivity contribution < 1.29 is 19.0 Å². The molecular weight excluding hydrogens is 470 g/mol. The van der Waals surface area contributed by atoms with Gasteiger partial charge in [0.2, 0.25) is 5.75 Å². The summed E-state index contributed by atoms with van der Waals surface area (Å²) in [7, 11) is 6.55. The molecule has 2 aromatic carbocycles. The number of hydrogen-bond donors (Lipinski definition) is 1. The summed E-state index contributed by atoms with van der Waals surface area (Å²) >= 11 is 0. The van der Waals surface area contributed by atoms with E-state index >= 15 is 0 Å². The number of rotatable bonds is 10. The van der Waals surface area contributed by atoms with Crippen LogP contribution in [0.15, 0.2) is 73.2 Å². The van der Waals surface area contributed by atoms with Crippen LogP contribution >= 0.6 is 0 Å². The number of pyridine rings is 1. The molecule has 37 heavy (non-hydrogen) atoms. The van der Waals surface area contributed by atoms with E-state index < -0.39 is 0 Å². The van der Waals surface area contributed by atoms with Gasteiger partial charge in [0.05, 0.1) is 21.3 Å². The third-order valence-electron chi connectivity index (χ3n) is 5.74. The Morgan fingerprint density at radius 1 is 0.919 bits per heavy atom. The van der Waals surface area contributed by atoms with Crippen LogP contribution in [-0.2, 0) is 13.1 Å². The van der Waals surface area contributed by atoms with Gasteiger partial charge in [-0.3, -0.25) is 9.78 Å². The van der Waals surface area contributed by atoms with Gasteiger partial charge in [-0.05, 0) is 29.3 Å². The molecule has 0 spiro atoms. The van der Waals surface area contributed by atoms with Gasteiger partial charge >= 0.3 is 0 Å². The van der Waals surface area contributed by atoms with E-state index in [1.54, 1.807) is 52.1 Å². The molecule has 2 aromatic heterocycles.